The fraction of sp³-hybridized carbons (Fsp3) is 0.875. The van der Waals surface area contributed by atoms with Crippen molar-refractivity contribution in [1.29, 1.82) is 0 Å². The van der Waals surface area contributed by atoms with E-state index in [4.69, 9.17) is 4.74 Å². The van der Waals surface area contributed by atoms with Crippen LogP contribution in [0.4, 0.5) is 4.79 Å². The van der Waals surface area contributed by atoms with Crippen LogP contribution in [0.2, 0.25) is 0 Å². The number of amides is 3. The molecule has 0 saturated carbocycles. The molecule has 3 rings (SSSR count). The van der Waals surface area contributed by atoms with Gasteiger partial charge in [-0.25, -0.2) is 4.79 Å². The first-order valence-electron chi connectivity index (χ1n) is 8.64. The number of hydrogen-bond acceptors (Lipinski definition) is 4. The van der Waals surface area contributed by atoms with Crippen LogP contribution in [0.1, 0.15) is 19.8 Å². The molecule has 1 atom stereocenters. The van der Waals surface area contributed by atoms with E-state index >= 15 is 0 Å². The van der Waals surface area contributed by atoms with E-state index in [0.717, 1.165) is 52.1 Å². The summed E-state index contributed by atoms with van der Waals surface area (Å²) < 4.78 is 5.10. The number of hydrogen-bond donors (Lipinski definition) is 0. The number of urea groups is 1. The third-order valence-corrected chi connectivity index (χ3v) is 5.45. The molecule has 0 spiro atoms. The average molecular weight is 324 g/mol. The quantitative estimate of drug-likeness (QED) is 0.734. The van der Waals surface area contributed by atoms with Gasteiger partial charge in [0.25, 0.3) is 0 Å². The predicted molar refractivity (Wildman–Crippen MR) is 86.2 cm³/mol. The topological polar surface area (TPSA) is 56.3 Å². The number of carbonyl (C=O) groups is 2. The maximum absolute atomic E-state index is 12.4. The molecule has 0 radical (unpaired) electrons. The van der Waals surface area contributed by atoms with Gasteiger partial charge in [0.2, 0.25) is 5.91 Å². The Kier molecular flexibility index (Phi) is 5.06. The van der Waals surface area contributed by atoms with E-state index in [-0.39, 0.29) is 11.9 Å². The standard InChI is InChI=1S/C16H28N4O3/c1-13(21)17-5-3-14(4-6-17)18-7-8-20-15(11-18)12-19(16(20)22)9-10-23-2/h14-15H,3-12H2,1-2H3/t15-/m1/s1. The monoisotopic (exact) mass is 324 g/mol. The van der Waals surface area contributed by atoms with Crippen LogP contribution in [0.5, 0.6) is 0 Å². The number of rotatable bonds is 4. The molecule has 3 amide bonds. The normalized spacial score (nSPS) is 26.8. The van der Waals surface area contributed by atoms with E-state index < -0.39 is 0 Å². The van der Waals surface area contributed by atoms with E-state index in [0.29, 0.717) is 25.2 Å². The van der Waals surface area contributed by atoms with Gasteiger partial charge in [-0.2, -0.15) is 0 Å². The molecule has 0 aromatic carbocycles. The highest BCUT2D eigenvalue weighted by molar-refractivity contribution is 5.77. The summed E-state index contributed by atoms with van der Waals surface area (Å²) in [6.45, 7) is 8.19. The second-order valence-corrected chi connectivity index (χ2v) is 6.80. The zero-order valence-electron chi connectivity index (χ0n) is 14.2. The first-order valence-corrected chi connectivity index (χ1v) is 8.64. The van der Waals surface area contributed by atoms with Gasteiger partial charge in [0.1, 0.15) is 0 Å². The van der Waals surface area contributed by atoms with Crippen LogP contribution in [0, 0.1) is 0 Å². The van der Waals surface area contributed by atoms with Gasteiger partial charge >= 0.3 is 6.03 Å². The molecule has 7 heteroatoms. The second kappa shape index (κ2) is 7.05. The van der Waals surface area contributed by atoms with E-state index in [9.17, 15) is 9.59 Å². The Morgan fingerprint density at radius 3 is 2.52 bits per heavy atom. The fourth-order valence-electron chi connectivity index (χ4n) is 4.07. The van der Waals surface area contributed by atoms with Crippen LogP contribution < -0.4 is 0 Å². The predicted octanol–water partition coefficient (Wildman–Crippen LogP) is 0.0655. The Morgan fingerprint density at radius 2 is 1.87 bits per heavy atom. The summed E-state index contributed by atoms with van der Waals surface area (Å²) in [5.41, 5.74) is 0. The summed E-state index contributed by atoms with van der Waals surface area (Å²) in [6.07, 6.45) is 2.10. The van der Waals surface area contributed by atoms with Gasteiger partial charge in [-0.05, 0) is 12.8 Å². The van der Waals surface area contributed by atoms with Gasteiger partial charge in [-0.1, -0.05) is 0 Å². The molecule has 0 aromatic heterocycles. The lowest BCUT2D eigenvalue weighted by Crippen LogP contribution is -2.57. The maximum atomic E-state index is 12.4. The molecule has 0 aromatic rings. The third kappa shape index (κ3) is 3.45. The molecule has 7 nitrogen and oxygen atoms in total. The molecular weight excluding hydrogens is 296 g/mol. The SMILES string of the molecule is COCCN1C[C@H]2CN(C3CCN(C(C)=O)CC3)CCN2C1=O. The Hall–Kier alpha value is -1.34. The van der Waals surface area contributed by atoms with Crippen LogP contribution in [0.15, 0.2) is 0 Å². The summed E-state index contributed by atoms with van der Waals surface area (Å²) in [6, 6.07) is 1.02. The molecule has 3 aliphatic heterocycles. The van der Waals surface area contributed by atoms with Crippen LogP contribution in [-0.2, 0) is 9.53 Å². The number of fused-ring (bicyclic) bond motifs is 1. The van der Waals surface area contributed by atoms with Gasteiger partial charge in [0, 0.05) is 65.9 Å². The number of piperidine rings is 1. The fourth-order valence-corrected chi connectivity index (χ4v) is 4.07. The minimum Gasteiger partial charge on any atom is -0.383 e. The lowest BCUT2D eigenvalue weighted by Gasteiger charge is -2.43. The second-order valence-electron chi connectivity index (χ2n) is 6.80. The highest BCUT2D eigenvalue weighted by Gasteiger charge is 2.41. The summed E-state index contributed by atoms with van der Waals surface area (Å²) in [7, 11) is 1.67. The van der Waals surface area contributed by atoms with Crippen molar-refractivity contribution in [2.45, 2.75) is 31.8 Å². The summed E-state index contributed by atoms with van der Waals surface area (Å²) >= 11 is 0. The highest BCUT2D eigenvalue weighted by Crippen LogP contribution is 2.25. The Labute approximate surface area is 138 Å². The van der Waals surface area contributed by atoms with E-state index in [1.54, 1.807) is 14.0 Å². The van der Waals surface area contributed by atoms with Gasteiger partial charge in [-0.15, -0.1) is 0 Å². The van der Waals surface area contributed by atoms with Crippen molar-refractivity contribution in [3.63, 3.8) is 0 Å². The van der Waals surface area contributed by atoms with Crippen LogP contribution in [-0.4, -0.2) is 103 Å². The molecule has 3 fully saturated rings. The van der Waals surface area contributed by atoms with Crippen molar-refractivity contribution in [1.82, 2.24) is 19.6 Å². The lowest BCUT2D eigenvalue weighted by molar-refractivity contribution is -0.130. The lowest BCUT2D eigenvalue weighted by atomic mass is 10.0. The molecule has 130 valence electrons. The minimum atomic E-state index is 0.165. The van der Waals surface area contributed by atoms with E-state index in [1.165, 1.54) is 0 Å². The van der Waals surface area contributed by atoms with Crippen LogP contribution >= 0.6 is 0 Å². The first kappa shape index (κ1) is 16.5. The van der Waals surface area contributed by atoms with Crippen LogP contribution in [0.25, 0.3) is 0 Å². The van der Waals surface area contributed by atoms with Crippen molar-refractivity contribution < 1.29 is 14.3 Å². The third-order valence-electron chi connectivity index (χ3n) is 5.45. The van der Waals surface area contributed by atoms with Gasteiger partial charge in [0.15, 0.2) is 0 Å². The molecule has 23 heavy (non-hydrogen) atoms. The number of methoxy groups -OCH3 is 1. The number of carbonyl (C=O) groups excluding carboxylic acids is 2. The minimum absolute atomic E-state index is 0.165. The first-order chi connectivity index (χ1) is 11.1. The molecular formula is C16H28N4O3. The number of piperazine rings is 1. The average Bonchev–Trinajstić information content (AvgIpc) is 2.88. The maximum Gasteiger partial charge on any atom is 0.320 e. The van der Waals surface area contributed by atoms with Crippen molar-refractivity contribution >= 4 is 11.9 Å². The number of nitrogens with zero attached hydrogens (tertiary/aromatic N) is 4. The molecule has 3 aliphatic rings. The number of ether oxygens (including phenoxy) is 1. The zero-order chi connectivity index (χ0) is 16.4. The molecule has 0 N–H and O–H groups in total. The van der Waals surface area contributed by atoms with Gasteiger partial charge in [0.05, 0.1) is 12.6 Å². The molecule has 0 unspecified atom stereocenters. The number of likely N-dealkylation sites (tertiary alicyclic amines) is 1. The molecule has 3 saturated heterocycles. The van der Waals surface area contributed by atoms with Crippen molar-refractivity contribution in [2.24, 2.45) is 0 Å². The molecule has 3 heterocycles. The summed E-state index contributed by atoms with van der Waals surface area (Å²) in [5, 5.41) is 0. The zero-order valence-corrected chi connectivity index (χ0v) is 14.2. The van der Waals surface area contributed by atoms with Gasteiger partial charge in [-0.3, -0.25) is 9.69 Å². The van der Waals surface area contributed by atoms with Crippen molar-refractivity contribution in [3.05, 3.63) is 0 Å². The van der Waals surface area contributed by atoms with Crippen LogP contribution in [0.3, 0.4) is 0 Å². The largest absolute Gasteiger partial charge is 0.383 e. The summed E-state index contributed by atoms with van der Waals surface area (Å²) in [4.78, 5) is 32.2. The molecule has 0 aliphatic carbocycles. The van der Waals surface area contributed by atoms with Crippen molar-refractivity contribution in [3.8, 4) is 0 Å². The smallest absolute Gasteiger partial charge is 0.320 e. The Morgan fingerprint density at radius 1 is 1.13 bits per heavy atom. The Balaban J connectivity index is 1.52. The highest BCUT2D eigenvalue weighted by atomic mass is 16.5. The summed E-state index contributed by atoms with van der Waals surface area (Å²) in [5.74, 6) is 0.184. The van der Waals surface area contributed by atoms with Gasteiger partial charge < -0.3 is 19.4 Å². The van der Waals surface area contributed by atoms with Crippen molar-refractivity contribution in [2.75, 3.05) is 59.5 Å². The van der Waals surface area contributed by atoms with E-state index in [1.807, 2.05) is 14.7 Å². The Bertz CT molecular complexity index is 451. The molecule has 0 bridgehead atoms. The van der Waals surface area contributed by atoms with E-state index in [2.05, 4.69) is 4.90 Å².